The zero-order valence-corrected chi connectivity index (χ0v) is 30.3. The molecule has 0 radical (unpaired) electrons. The number of unbranched alkanes of at least 4 members (excludes halogenated alkanes) is 10. The van der Waals surface area contributed by atoms with Crippen LogP contribution in [-0.2, 0) is 23.9 Å². The fraction of sp³-hybridized carbons (Fsp3) is 0.763. The molecule has 1 aromatic rings. The second-order valence-electron chi connectivity index (χ2n) is 15.1. The van der Waals surface area contributed by atoms with Gasteiger partial charge in [-0.25, -0.2) is 0 Å². The fourth-order valence-corrected chi connectivity index (χ4v) is 5.95. The predicted octanol–water partition coefficient (Wildman–Crippen LogP) is 8.64. The Hall–Kier alpha value is -2.65. The largest absolute Gasteiger partial charge is 0.481 e. The number of amides is 2. The van der Waals surface area contributed by atoms with Crippen molar-refractivity contribution in [1.82, 2.24) is 10.6 Å². The van der Waals surface area contributed by atoms with Crippen LogP contribution in [0, 0.1) is 10.8 Å². The summed E-state index contributed by atoms with van der Waals surface area (Å²) in [6.07, 6.45) is 20.5. The molecule has 2 amide bonds. The zero-order valence-electron chi connectivity index (χ0n) is 30.3. The van der Waals surface area contributed by atoms with Crippen LogP contribution in [0.5, 0.6) is 0 Å². The zero-order chi connectivity index (χ0) is 34.9. The molecule has 2 rings (SSSR count). The Bertz CT molecular complexity index is 1090. The minimum atomic E-state index is -1.05. The summed E-state index contributed by atoms with van der Waals surface area (Å²) < 4.78 is 17.4. The molecule has 3 unspecified atom stereocenters. The summed E-state index contributed by atoms with van der Waals surface area (Å²) in [5.74, 6) is -2.03. The maximum atomic E-state index is 13.6. The van der Waals surface area contributed by atoms with Gasteiger partial charge in [0.2, 0.25) is 11.8 Å². The maximum Gasteiger partial charge on any atom is 0.305 e. The van der Waals surface area contributed by atoms with Gasteiger partial charge in [0.25, 0.3) is 0 Å². The molecule has 9 nitrogen and oxygen atoms in total. The summed E-state index contributed by atoms with van der Waals surface area (Å²) >= 11 is 0. The number of aliphatic carboxylic acids is 1. The number of nitrogens with one attached hydrogen (secondary N) is 2. The van der Waals surface area contributed by atoms with Gasteiger partial charge in [0.05, 0.1) is 25.3 Å². The highest BCUT2D eigenvalue weighted by Gasteiger charge is 2.46. The molecule has 0 bridgehead atoms. The van der Waals surface area contributed by atoms with Gasteiger partial charge in [-0.15, -0.1) is 0 Å². The molecular weight excluding hydrogens is 596 g/mol. The molecule has 1 aliphatic rings. The van der Waals surface area contributed by atoms with Crippen molar-refractivity contribution < 1.29 is 33.4 Å². The second kappa shape index (κ2) is 20.0. The number of allylic oxidation sites excluding steroid dienone is 2. The molecule has 1 fully saturated rings. The second-order valence-corrected chi connectivity index (χ2v) is 15.1. The Balaban J connectivity index is 1.89. The Morgan fingerprint density at radius 2 is 1.57 bits per heavy atom. The number of carboxylic acids is 1. The first-order chi connectivity index (χ1) is 22.2. The quantitative estimate of drug-likeness (QED) is 0.0792. The van der Waals surface area contributed by atoms with Gasteiger partial charge in [0.1, 0.15) is 11.9 Å². The number of hydrogen-bond acceptors (Lipinski definition) is 6. The first kappa shape index (κ1) is 40.5. The Morgan fingerprint density at radius 1 is 0.957 bits per heavy atom. The van der Waals surface area contributed by atoms with Gasteiger partial charge in [0, 0.05) is 16.9 Å². The molecule has 0 aliphatic carbocycles. The number of ether oxygens (including phenoxy) is 2. The Morgan fingerprint density at radius 3 is 2.17 bits per heavy atom. The summed E-state index contributed by atoms with van der Waals surface area (Å²) in [5, 5.41) is 15.7. The summed E-state index contributed by atoms with van der Waals surface area (Å²) in [7, 11) is 0. The highest BCUT2D eigenvalue weighted by molar-refractivity contribution is 5.83. The number of carbonyl (C=O) groups excluding carboxylic acids is 2. The first-order valence-electron chi connectivity index (χ1n) is 18.0. The summed E-state index contributed by atoms with van der Waals surface area (Å²) in [4.78, 5) is 38.9. The van der Waals surface area contributed by atoms with E-state index in [1.165, 1.54) is 51.2 Å². The molecule has 268 valence electrons. The van der Waals surface area contributed by atoms with E-state index >= 15 is 0 Å². The number of rotatable bonds is 23. The minimum absolute atomic E-state index is 0.132. The average Bonchev–Trinajstić information content (AvgIpc) is 3.53. The predicted molar refractivity (Wildman–Crippen MR) is 186 cm³/mol. The van der Waals surface area contributed by atoms with Crippen LogP contribution in [0.3, 0.4) is 0 Å². The van der Waals surface area contributed by atoms with Crippen LogP contribution in [-0.4, -0.2) is 47.4 Å². The van der Waals surface area contributed by atoms with Gasteiger partial charge in [0.15, 0.2) is 5.79 Å². The van der Waals surface area contributed by atoms with E-state index in [0.29, 0.717) is 12.4 Å². The van der Waals surface area contributed by atoms with E-state index < -0.39 is 46.7 Å². The molecule has 9 heteroatoms. The highest BCUT2D eigenvalue weighted by Crippen LogP contribution is 2.35. The van der Waals surface area contributed by atoms with E-state index in [2.05, 4.69) is 29.7 Å². The van der Waals surface area contributed by atoms with Gasteiger partial charge in [-0.1, -0.05) is 98.1 Å². The number of carbonyl (C=O) groups is 3. The topological polar surface area (TPSA) is 127 Å². The monoisotopic (exact) mass is 660 g/mol. The molecule has 3 N–H and O–H groups in total. The lowest BCUT2D eigenvalue weighted by atomic mass is 9.84. The van der Waals surface area contributed by atoms with E-state index in [4.69, 9.17) is 13.9 Å². The highest BCUT2D eigenvalue weighted by atomic mass is 16.7. The smallest absolute Gasteiger partial charge is 0.305 e. The lowest BCUT2D eigenvalue weighted by molar-refractivity contribution is -0.304. The van der Waals surface area contributed by atoms with E-state index in [9.17, 15) is 19.5 Å². The molecule has 0 saturated carbocycles. The van der Waals surface area contributed by atoms with Crippen molar-refractivity contribution >= 4 is 17.8 Å². The molecule has 2 heterocycles. The third kappa shape index (κ3) is 15.4. The maximum absolute atomic E-state index is 13.6. The minimum Gasteiger partial charge on any atom is -0.481 e. The van der Waals surface area contributed by atoms with Crippen molar-refractivity contribution in [2.75, 3.05) is 6.61 Å². The lowest BCUT2D eigenvalue weighted by Crippen LogP contribution is -2.58. The average molecular weight is 661 g/mol. The summed E-state index contributed by atoms with van der Waals surface area (Å²) in [6.45, 7) is 13.7. The number of hydrogen-bond donors (Lipinski definition) is 3. The van der Waals surface area contributed by atoms with Crippen LogP contribution in [0.15, 0.2) is 35.0 Å². The van der Waals surface area contributed by atoms with E-state index in [1.807, 2.05) is 27.7 Å². The van der Waals surface area contributed by atoms with E-state index in [-0.39, 0.29) is 18.7 Å². The molecule has 0 spiro atoms. The van der Waals surface area contributed by atoms with Crippen molar-refractivity contribution in [2.45, 2.75) is 169 Å². The van der Waals surface area contributed by atoms with Crippen molar-refractivity contribution in [3.63, 3.8) is 0 Å². The van der Waals surface area contributed by atoms with Crippen LogP contribution >= 0.6 is 0 Å². The van der Waals surface area contributed by atoms with Crippen molar-refractivity contribution in [2.24, 2.45) is 10.8 Å². The van der Waals surface area contributed by atoms with Crippen molar-refractivity contribution in [1.29, 1.82) is 0 Å². The van der Waals surface area contributed by atoms with Crippen molar-refractivity contribution in [3.05, 3.63) is 36.3 Å². The molecule has 3 atom stereocenters. The van der Waals surface area contributed by atoms with Crippen LogP contribution < -0.4 is 10.6 Å². The summed E-state index contributed by atoms with van der Waals surface area (Å²) in [5.41, 5.74) is -1.24. The molecule has 1 aromatic heterocycles. The third-order valence-corrected chi connectivity index (χ3v) is 9.05. The summed E-state index contributed by atoms with van der Waals surface area (Å²) in [6, 6.07) is 2.09. The van der Waals surface area contributed by atoms with Gasteiger partial charge in [-0.2, -0.15) is 0 Å². The standard InChI is InChI=1S/C38H64N2O7/c1-8-9-10-11-12-13-14-15-16-17-18-19-20-21-24-36(2,3)35(44)40-30(31-23-22-25-45-31)26-29(27-32(41)42)39-34(43)33-37(4,5)28-46-38(6,7)47-33/h15-16,22-23,25,29-30,33H,8-14,17-21,24,26-28H2,1-7H3,(H,39,43)(H,40,44)(H,41,42). The number of furan rings is 1. The normalized spacial score (nSPS) is 18.9. The molecule has 0 aromatic carbocycles. The van der Waals surface area contributed by atoms with Gasteiger partial charge in [-0.3, -0.25) is 14.4 Å². The van der Waals surface area contributed by atoms with Gasteiger partial charge >= 0.3 is 5.97 Å². The third-order valence-electron chi connectivity index (χ3n) is 9.05. The van der Waals surface area contributed by atoms with Crippen LogP contribution in [0.2, 0.25) is 0 Å². The van der Waals surface area contributed by atoms with E-state index in [1.54, 1.807) is 26.0 Å². The van der Waals surface area contributed by atoms with Gasteiger partial charge in [-0.05, 0) is 64.5 Å². The molecule has 47 heavy (non-hydrogen) atoms. The number of carboxylic acid groups (broad SMARTS) is 1. The molecule has 1 saturated heterocycles. The lowest BCUT2D eigenvalue weighted by Gasteiger charge is -2.45. The van der Waals surface area contributed by atoms with Crippen LogP contribution in [0.25, 0.3) is 0 Å². The van der Waals surface area contributed by atoms with Crippen molar-refractivity contribution in [3.8, 4) is 0 Å². The first-order valence-corrected chi connectivity index (χ1v) is 18.0. The van der Waals surface area contributed by atoms with Crippen LogP contribution in [0.4, 0.5) is 0 Å². The Kier molecular flexibility index (Phi) is 17.2. The SMILES string of the molecule is CCCCCCCCC=CCCCCCCC(C)(C)C(=O)NC(CC(CC(=O)O)NC(=O)C1OC(C)(C)OCC1(C)C)c1ccco1. The Labute approximate surface area is 284 Å². The molecular formula is C38H64N2O7. The van der Waals surface area contributed by atoms with Gasteiger partial charge < -0.3 is 29.6 Å². The fourth-order valence-electron chi connectivity index (χ4n) is 5.95. The van der Waals surface area contributed by atoms with E-state index in [0.717, 1.165) is 38.5 Å². The van der Waals surface area contributed by atoms with Crippen LogP contribution in [0.1, 0.15) is 157 Å². The molecule has 1 aliphatic heterocycles.